The number of carbonyl (C=O) groups is 8. The molecular formula is C31H51N9O11. The van der Waals surface area contributed by atoms with Gasteiger partial charge in [0.05, 0.1) is 12.5 Å². The van der Waals surface area contributed by atoms with E-state index in [1.807, 2.05) is 0 Å². The van der Waals surface area contributed by atoms with Crippen molar-refractivity contribution < 1.29 is 53.7 Å². The molecule has 0 aliphatic carbocycles. The second kappa shape index (κ2) is 20.0. The molecule has 20 nitrogen and oxygen atoms in total. The summed E-state index contributed by atoms with van der Waals surface area (Å²) in [7, 11) is 0. The van der Waals surface area contributed by atoms with Gasteiger partial charge in [-0.1, -0.05) is 20.3 Å². The van der Waals surface area contributed by atoms with Crippen molar-refractivity contribution >= 4 is 53.4 Å². The number of nitrogens with two attached hydrogens (primary N) is 3. The number of guanidine groups is 1. The molecular weight excluding hydrogens is 674 g/mol. The highest BCUT2D eigenvalue weighted by Crippen LogP contribution is 2.21. The molecule has 20 heteroatoms. The molecule has 286 valence electrons. The van der Waals surface area contributed by atoms with Crippen molar-refractivity contribution in [2.45, 2.75) is 114 Å². The van der Waals surface area contributed by atoms with Gasteiger partial charge in [0.15, 0.2) is 5.96 Å². The molecule has 0 saturated carbocycles. The summed E-state index contributed by atoms with van der Waals surface area (Å²) in [4.78, 5) is 108. The topological polar surface area (TPSA) is 330 Å². The van der Waals surface area contributed by atoms with Crippen LogP contribution < -0.4 is 33.2 Å². The number of aliphatic carboxylic acids is 3. The van der Waals surface area contributed by atoms with E-state index < -0.39 is 102 Å². The first-order valence-corrected chi connectivity index (χ1v) is 17.0. The molecule has 2 aliphatic rings. The molecule has 2 aliphatic heterocycles. The molecule has 0 unspecified atom stereocenters. The lowest BCUT2D eigenvalue weighted by atomic mass is 9.96. The van der Waals surface area contributed by atoms with E-state index in [1.54, 1.807) is 13.8 Å². The van der Waals surface area contributed by atoms with Crippen LogP contribution in [0.5, 0.6) is 0 Å². The summed E-state index contributed by atoms with van der Waals surface area (Å²) in [5.74, 6) is -8.27. The van der Waals surface area contributed by atoms with Crippen molar-refractivity contribution in [3.05, 3.63) is 0 Å². The summed E-state index contributed by atoms with van der Waals surface area (Å²) < 4.78 is 0. The molecule has 0 aromatic heterocycles. The van der Waals surface area contributed by atoms with Crippen LogP contribution >= 0.6 is 0 Å². The van der Waals surface area contributed by atoms with E-state index in [1.165, 1.54) is 4.90 Å². The summed E-state index contributed by atoms with van der Waals surface area (Å²) in [6.07, 6.45) is 0.352. The largest absolute Gasteiger partial charge is 0.481 e. The molecule has 2 saturated heterocycles. The predicted octanol–water partition coefficient (Wildman–Crippen LogP) is -2.73. The van der Waals surface area contributed by atoms with Crippen LogP contribution in [0, 0.1) is 5.92 Å². The Morgan fingerprint density at radius 1 is 0.804 bits per heavy atom. The number of amides is 5. The summed E-state index contributed by atoms with van der Waals surface area (Å²) in [6, 6.07) is -7.48. The van der Waals surface area contributed by atoms with E-state index in [4.69, 9.17) is 22.3 Å². The maximum absolute atomic E-state index is 13.8. The van der Waals surface area contributed by atoms with Crippen LogP contribution in [0.1, 0.15) is 78.1 Å². The van der Waals surface area contributed by atoms with Gasteiger partial charge in [0.1, 0.15) is 30.2 Å². The summed E-state index contributed by atoms with van der Waals surface area (Å²) in [5.41, 5.74) is 16.6. The van der Waals surface area contributed by atoms with Gasteiger partial charge >= 0.3 is 17.9 Å². The van der Waals surface area contributed by atoms with Gasteiger partial charge in [-0.2, -0.15) is 0 Å². The first-order valence-electron chi connectivity index (χ1n) is 17.0. The number of hydrogen-bond acceptors (Lipinski definition) is 10. The van der Waals surface area contributed by atoms with Crippen molar-refractivity contribution in [1.29, 1.82) is 0 Å². The zero-order chi connectivity index (χ0) is 38.4. The van der Waals surface area contributed by atoms with Gasteiger partial charge in [0, 0.05) is 26.1 Å². The molecule has 12 N–H and O–H groups in total. The van der Waals surface area contributed by atoms with Crippen LogP contribution in [0.2, 0.25) is 0 Å². The van der Waals surface area contributed by atoms with Crippen molar-refractivity contribution in [1.82, 2.24) is 25.8 Å². The molecule has 0 spiro atoms. The average molecular weight is 726 g/mol. The number of aliphatic imine (C=N–C) groups is 1. The minimum absolute atomic E-state index is 0.00630. The summed E-state index contributed by atoms with van der Waals surface area (Å²) in [5, 5.41) is 35.7. The zero-order valence-corrected chi connectivity index (χ0v) is 28.9. The Morgan fingerprint density at radius 3 is 1.96 bits per heavy atom. The van der Waals surface area contributed by atoms with Gasteiger partial charge in [-0.25, -0.2) is 4.79 Å². The Balaban J connectivity index is 2.31. The third-order valence-corrected chi connectivity index (χ3v) is 9.00. The normalized spacial score (nSPS) is 19.9. The van der Waals surface area contributed by atoms with E-state index in [-0.39, 0.29) is 57.7 Å². The first kappa shape index (κ1) is 42.2. The van der Waals surface area contributed by atoms with Gasteiger partial charge < -0.3 is 58.3 Å². The Bertz CT molecular complexity index is 1340. The fourth-order valence-corrected chi connectivity index (χ4v) is 6.06. The summed E-state index contributed by atoms with van der Waals surface area (Å²) >= 11 is 0. The van der Waals surface area contributed by atoms with Crippen molar-refractivity contribution in [2.75, 3.05) is 19.6 Å². The molecule has 0 radical (unpaired) electrons. The predicted molar refractivity (Wildman–Crippen MR) is 179 cm³/mol. The third kappa shape index (κ3) is 12.7. The fourth-order valence-electron chi connectivity index (χ4n) is 6.06. The number of carbonyl (C=O) groups excluding carboxylic acids is 5. The lowest BCUT2D eigenvalue weighted by Gasteiger charge is -2.31. The molecule has 0 aromatic carbocycles. The number of carboxylic acids is 3. The number of nitrogens with zero attached hydrogens (tertiary/aromatic N) is 3. The molecule has 2 fully saturated rings. The van der Waals surface area contributed by atoms with Crippen molar-refractivity contribution in [3.8, 4) is 0 Å². The minimum atomic E-state index is -1.40. The molecule has 0 aromatic rings. The van der Waals surface area contributed by atoms with Crippen LogP contribution in [-0.2, 0) is 38.4 Å². The van der Waals surface area contributed by atoms with Gasteiger partial charge in [-0.3, -0.25) is 38.6 Å². The quantitative estimate of drug-likeness (QED) is 0.0350. The van der Waals surface area contributed by atoms with Crippen molar-refractivity contribution in [3.63, 3.8) is 0 Å². The van der Waals surface area contributed by atoms with Crippen LogP contribution in [0.25, 0.3) is 0 Å². The molecule has 2 heterocycles. The number of hydrogen-bond donors (Lipinski definition) is 9. The standard InChI is InChI=1S/C31H51N9O11/c1-3-16(2)24(27(47)37-19(10-11-22(41)42)29(49)40-14-6-9-21(40)30(50)51)38-25(45)18(7-4-12-35-31(33)34)36-26(46)20-8-5-13-39(20)28(48)17(32)15-23(43)44/h16-21,24H,3-15,32H2,1-2H3,(H,36,46)(H,37,47)(H,38,45)(H,41,42)(H,43,44)(H,50,51)(H4,33,34,35)/t16-,17-,18-,19-,20-,21-,24-/m0/s1. The number of likely N-dealkylation sites (tertiary alicyclic amines) is 2. The molecule has 7 atom stereocenters. The van der Waals surface area contributed by atoms with Crippen LogP contribution in [0.3, 0.4) is 0 Å². The zero-order valence-electron chi connectivity index (χ0n) is 28.9. The third-order valence-electron chi connectivity index (χ3n) is 9.00. The van der Waals surface area contributed by atoms with Gasteiger partial charge in [-0.15, -0.1) is 0 Å². The van der Waals surface area contributed by atoms with Crippen LogP contribution in [-0.4, -0.2) is 134 Å². The Hall–Kier alpha value is -5.01. The highest BCUT2D eigenvalue weighted by atomic mass is 16.4. The minimum Gasteiger partial charge on any atom is -0.481 e. The maximum Gasteiger partial charge on any atom is 0.326 e. The van der Waals surface area contributed by atoms with Gasteiger partial charge in [-0.05, 0) is 50.9 Å². The number of carboxylic acid groups (broad SMARTS) is 3. The summed E-state index contributed by atoms with van der Waals surface area (Å²) in [6.45, 7) is 3.76. The lowest BCUT2D eigenvalue weighted by molar-refractivity contribution is -0.150. The Kier molecular flexibility index (Phi) is 16.5. The van der Waals surface area contributed by atoms with E-state index >= 15 is 0 Å². The molecule has 2 rings (SSSR count). The Morgan fingerprint density at radius 2 is 1.41 bits per heavy atom. The van der Waals surface area contributed by atoms with E-state index in [9.17, 15) is 48.6 Å². The van der Waals surface area contributed by atoms with Crippen molar-refractivity contribution in [2.24, 2.45) is 28.1 Å². The molecule has 0 bridgehead atoms. The van der Waals surface area contributed by atoms with Gasteiger partial charge in [0.25, 0.3) is 0 Å². The monoisotopic (exact) mass is 725 g/mol. The first-order chi connectivity index (χ1) is 24.0. The number of rotatable bonds is 20. The van der Waals surface area contributed by atoms with Crippen LogP contribution in [0.4, 0.5) is 0 Å². The maximum atomic E-state index is 13.8. The highest BCUT2D eigenvalue weighted by molar-refractivity contribution is 5.97. The smallest absolute Gasteiger partial charge is 0.326 e. The van der Waals surface area contributed by atoms with Gasteiger partial charge in [0.2, 0.25) is 29.5 Å². The van der Waals surface area contributed by atoms with E-state index in [0.717, 1.165) is 4.90 Å². The average Bonchev–Trinajstić information content (AvgIpc) is 3.76. The van der Waals surface area contributed by atoms with E-state index in [2.05, 4.69) is 20.9 Å². The Labute approximate surface area is 294 Å². The SMILES string of the molecule is CC[C@H](C)[C@H](NC(=O)[C@H](CCCN=C(N)N)NC(=O)[C@@H]1CCCN1C(=O)[C@@H](N)CC(=O)O)C(=O)N[C@@H](CCC(=O)O)C(=O)N1CCC[C@H]1C(=O)O. The number of nitrogens with one attached hydrogen (secondary N) is 3. The fraction of sp³-hybridized carbons (Fsp3) is 0.710. The second-order valence-corrected chi connectivity index (χ2v) is 12.8. The molecule has 51 heavy (non-hydrogen) atoms. The van der Waals surface area contributed by atoms with E-state index in [0.29, 0.717) is 19.3 Å². The lowest BCUT2D eigenvalue weighted by Crippen LogP contribution is -2.60. The molecule has 5 amide bonds. The van der Waals surface area contributed by atoms with Crippen LogP contribution in [0.15, 0.2) is 4.99 Å². The second-order valence-electron chi connectivity index (χ2n) is 12.8. The highest BCUT2D eigenvalue weighted by Gasteiger charge is 2.41.